The molecule has 0 radical (unpaired) electrons. The molecular formula is C20H19FN2O3S2. The van der Waals surface area contributed by atoms with Gasteiger partial charge in [0.25, 0.3) is 11.1 Å². The summed E-state index contributed by atoms with van der Waals surface area (Å²) >= 11 is 2.44. The van der Waals surface area contributed by atoms with Gasteiger partial charge in [-0.2, -0.15) is 0 Å². The molecule has 3 amide bonds. The third-order valence-electron chi connectivity index (χ3n) is 4.13. The zero-order valence-electron chi connectivity index (χ0n) is 15.0. The number of halogens is 1. The monoisotopic (exact) mass is 418 g/mol. The van der Waals surface area contributed by atoms with Gasteiger partial charge in [-0.05, 0) is 48.2 Å². The Morgan fingerprint density at radius 1 is 1.18 bits per heavy atom. The van der Waals surface area contributed by atoms with Crippen LogP contribution in [0.2, 0.25) is 0 Å². The molecular weight excluding hydrogens is 399 g/mol. The molecule has 28 heavy (non-hydrogen) atoms. The van der Waals surface area contributed by atoms with Gasteiger partial charge < -0.3 is 5.32 Å². The first-order valence-corrected chi connectivity index (χ1v) is 10.5. The first-order valence-electron chi connectivity index (χ1n) is 8.83. The van der Waals surface area contributed by atoms with Crippen molar-refractivity contribution < 1.29 is 18.8 Å². The molecule has 0 bridgehead atoms. The van der Waals surface area contributed by atoms with E-state index in [1.54, 1.807) is 29.5 Å². The lowest BCUT2D eigenvalue weighted by Gasteiger charge is -2.13. The minimum absolute atomic E-state index is 0.0932. The van der Waals surface area contributed by atoms with Gasteiger partial charge in [0.2, 0.25) is 5.91 Å². The molecule has 0 atom stereocenters. The van der Waals surface area contributed by atoms with Crippen molar-refractivity contribution in [1.29, 1.82) is 0 Å². The van der Waals surface area contributed by atoms with Crippen LogP contribution in [0.4, 0.5) is 9.18 Å². The number of rotatable bonds is 8. The van der Waals surface area contributed by atoms with Gasteiger partial charge in [-0.3, -0.25) is 19.3 Å². The molecule has 1 saturated heterocycles. The molecule has 1 aromatic carbocycles. The van der Waals surface area contributed by atoms with E-state index in [0.29, 0.717) is 6.42 Å². The van der Waals surface area contributed by atoms with Crippen molar-refractivity contribution in [3.05, 3.63) is 62.9 Å². The second-order valence-electron chi connectivity index (χ2n) is 6.14. The molecule has 3 rings (SSSR count). The minimum Gasteiger partial charge on any atom is -0.354 e. The highest BCUT2D eigenvalue weighted by atomic mass is 32.2. The Morgan fingerprint density at radius 3 is 2.75 bits per heavy atom. The van der Waals surface area contributed by atoms with Gasteiger partial charge in [0.05, 0.1) is 4.91 Å². The summed E-state index contributed by atoms with van der Waals surface area (Å²) in [5.41, 5.74) is 0.257. The van der Waals surface area contributed by atoms with E-state index in [2.05, 4.69) is 5.32 Å². The van der Waals surface area contributed by atoms with Gasteiger partial charge in [0, 0.05) is 30.0 Å². The van der Waals surface area contributed by atoms with Crippen LogP contribution >= 0.6 is 23.1 Å². The number of aryl methyl sites for hydroxylation is 1. The van der Waals surface area contributed by atoms with E-state index in [4.69, 9.17) is 0 Å². The number of amides is 3. The first kappa shape index (κ1) is 20.3. The fourth-order valence-electron chi connectivity index (χ4n) is 2.70. The van der Waals surface area contributed by atoms with Crippen LogP contribution in [-0.4, -0.2) is 35.0 Å². The van der Waals surface area contributed by atoms with Crippen LogP contribution in [0.3, 0.4) is 0 Å². The van der Waals surface area contributed by atoms with Crippen molar-refractivity contribution in [3.63, 3.8) is 0 Å². The molecule has 2 aromatic rings. The Hall–Kier alpha value is -2.45. The van der Waals surface area contributed by atoms with Crippen molar-refractivity contribution >= 4 is 46.2 Å². The maximum absolute atomic E-state index is 13.7. The standard InChI is InChI=1S/C20H19FN2O3S2/c21-16-8-2-1-5-14(16)13-17-19(25)23(20(26)28-17)11-10-22-18(24)9-3-6-15-7-4-12-27-15/h1-2,4-5,7-8,12-13H,3,6,9-11H2,(H,22,24)/b17-13+. The Morgan fingerprint density at radius 2 is 2.00 bits per heavy atom. The molecule has 1 aliphatic rings. The number of hydrogen-bond acceptors (Lipinski definition) is 5. The van der Waals surface area contributed by atoms with Crippen LogP contribution < -0.4 is 5.32 Å². The number of nitrogens with zero attached hydrogens (tertiary/aromatic N) is 1. The lowest BCUT2D eigenvalue weighted by molar-refractivity contribution is -0.124. The van der Waals surface area contributed by atoms with Crippen molar-refractivity contribution in [2.45, 2.75) is 19.3 Å². The third-order valence-corrected chi connectivity index (χ3v) is 5.97. The average Bonchev–Trinajstić information content (AvgIpc) is 3.27. The summed E-state index contributed by atoms with van der Waals surface area (Å²) in [5.74, 6) is -1.03. The van der Waals surface area contributed by atoms with Gasteiger partial charge in [-0.15, -0.1) is 11.3 Å². The summed E-state index contributed by atoms with van der Waals surface area (Å²) in [6, 6.07) is 10.1. The smallest absolute Gasteiger partial charge is 0.293 e. The molecule has 0 unspecified atom stereocenters. The predicted octanol–water partition coefficient (Wildman–Crippen LogP) is 4.06. The number of benzene rings is 1. The van der Waals surface area contributed by atoms with Gasteiger partial charge in [-0.25, -0.2) is 4.39 Å². The number of carbonyl (C=O) groups is 3. The van der Waals surface area contributed by atoms with Crippen LogP contribution in [-0.2, 0) is 16.0 Å². The molecule has 5 nitrogen and oxygen atoms in total. The Labute approximate surface area is 170 Å². The zero-order chi connectivity index (χ0) is 19.9. The second-order valence-corrected chi connectivity index (χ2v) is 8.16. The number of nitrogens with one attached hydrogen (secondary N) is 1. The molecule has 0 spiro atoms. The molecule has 1 aromatic heterocycles. The van der Waals surface area contributed by atoms with Gasteiger partial charge >= 0.3 is 0 Å². The molecule has 1 fully saturated rings. The van der Waals surface area contributed by atoms with Crippen LogP contribution in [0.25, 0.3) is 6.08 Å². The van der Waals surface area contributed by atoms with Crippen LogP contribution in [0, 0.1) is 5.82 Å². The fraction of sp³-hybridized carbons (Fsp3) is 0.250. The molecule has 1 N–H and O–H groups in total. The number of thioether (sulfide) groups is 1. The van der Waals surface area contributed by atoms with Crippen molar-refractivity contribution in [3.8, 4) is 0 Å². The minimum atomic E-state index is -0.467. The second kappa shape index (κ2) is 9.66. The lowest BCUT2D eigenvalue weighted by atomic mass is 10.2. The molecule has 0 aliphatic carbocycles. The third kappa shape index (κ3) is 5.30. The van der Waals surface area contributed by atoms with E-state index >= 15 is 0 Å². The normalized spacial score (nSPS) is 15.5. The van der Waals surface area contributed by atoms with Crippen LogP contribution in [0.1, 0.15) is 23.3 Å². The van der Waals surface area contributed by atoms with E-state index in [0.717, 1.165) is 29.5 Å². The Bertz CT molecular complexity index is 897. The van der Waals surface area contributed by atoms with E-state index in [-0.39, 0.29) is 29.5 Å². The van der Waals surface area contributed by atoms with Gasteiger partial charge in [0.15, 0.2) is 0 Å². The largest absolute Gasteiger partial charge is 0.354 e. The maximum atomic E-state index is 13.7. The Kier molecular flexibility index (Phi) is 7.00. The summed E-state index contributed by atoms with van der Waals surface area (Å²) in [5, 5.41) is 4.32. The summed E-state index contributed by atoms with van der Waals surface area (Å²) in [6.07, 6.45) is 3.38. The quantitative estimate of drug-likeness (QED) is 0.657. The van der Waals surface area contributed by atoms with Crippen LogP contribution in [0.15, 0.2) is 46.7 Å². The van der Waals surface area contributed by atoms with E-state index in [1.807, 2.05) is 17.5 Å². The van der Waals surface area contributed by atoms with E-state index in [1.165, 1.54) is 17.0 Å². The highest BCUT2D eigenvalue weighted by Crippen LogP contribution is 2.32. The molecule has 1 aliphatic heterocycles. The SMILES string of the molecule is O=C(CCCc1cccs1)NCCN1C(=O)S/C(=C/c2ccccc2F)C1=O. The summed E-state index contributed by atoms with van der Waals surface area (Å²) in [6.45, 7) is 0.290. The molecule has 8 heteroatoms. The van der Waals surface area contributed by atoms with Crippen molar-refractivity contribution in [2.24, 2.45) is 0 Å². The highest BCUT2D eigenvalue weighted by molar-refractivity contribution is 8.18. The number of carbonyl (C=O) groups excluding carboxylic acids is 3. The fourth-order valence-corrected chi connectivity index (χ4v) is 4.31. The maximum Gasteiger partial charge on any atom is 0.293 e. The van der Waals surface area contributed by atoms with Crippen molar-refractivity contribution in [1.82, 2.24) is 10.2 Å². The number of hydrogen-bond donors (Lipinski definition) is 1. The lowest BCUT2D eigenvalue weighted by Crippen LogP contribution is -2.37. The summed E-state index contributed by atoms with van der Waals surface area (Å²) in [4.78, 5) is 38.9. The van der Waals surface area contributed by atoms with E-state index < -0.39 is 17.0 Å². The zero-order valence-corrected chi connectivity index (χ0v) is 16.7. The van der Waals surface area contributed by atoms with Gasteiger partial charge in [-0.1, -0.05) is 24.3 Å². The Balaban J connectivity index is 1.45. The molecule has 0 saturated carbocycles. The van der Waals surface area contributed by atoms with E-state index in [9.17, 15) is 18.8 Å². The van der Waals surface area contributed by atoms with Crippen molar-refractivity contribution in [2.75, 3.05) is 13.1 Å². The predicted molar refractivity (Wildman–Crippen MR) is 109 cm³/mol. The number of thiophene rings is 1. The summed E-state index contributed by atoms with van der Waals surface area (Å²) < 4.78 is 13.7. The summed E-state index contributed by atoms with van der Waals surface area (Å²) in [7, 11) is 0. The van der Waals surface area contributed by atoms with Gasteiger partial charge in [0.1, 0.15) is 5.82 Å². The topological polar surface area (TPSA) is 66.5 Å². The molecule has 146 valence electrons. The highest BCUT2D eigenvalue weighted by Gasteiger charge is 2.34. The van der Waals surface area contributed by atoms with Crippen LogP contribution in [0.5, 0.6) is 0 Å². The average molecular weight is 419 g/mol. The first-order chi connectivity index (χ1) is 13.5. The molecule has 2 heterocycles. The number of imide groups is 1.